The summed E-state index contributed by atoms with van der Waals surface area (Å²) in [5.74, 6) is -0.609. The van der Waals surface area contributed by atoms with Crippen LogP contribution in [0.3, 0.4) is 0 Å². The molecule has 0 saturated heterocycles. The number of carbonyl (C=O) groups excluding carboxylic acids is 1. The molecule has 0 aliphatic carbocycles. The zero-order valence-electron chi connectivity index (χ0n) is 15.7. The van der Waals surface area contributed by atoms with Gasteiger partial charge in [-0.3, -0.25) is 19.6 Å². The van der Waals surface area contributed by atoms with Crippen molar-refractivity contribution in [2.45, 2.75) is 19.5 Å². The average Bonchev–Trinajstić information content (AvgIpc) is 3.28. The predicted molar refractivity (Wildman–Crippen MR) is 112 cm³/mol. The number of hydrogen-bond donors (Lipinski definition) is 1. The van der Waals surface area contributed by atoms with Crippen molar-refractivity contribution in [1.82, 2.24) is 19.6 Å². The first-order chi connectivity index (χ1) is 14.2. The normalized spacial score (nSPS) is 11.9. The predicted octanol–water partition coefficient (Wildman–Crippen LogP) is 4.20. The van der Waals surface area contributed by atoms with Crippen molar-refractivity contribution in [3.63, 3.8) is 0 Å². The zero-order chi connectivity index (χ0) is 22.0. The summed E-state index contributed by atoms with van der Waals surface area (Å²) in [5, 5.41) is 22.9. The van der Waals surface area contributed by atoms with Crippen molar-refractivity contribution in [1.29, 1.82) is 0 Å². The van der Waals surface area contributed by atoms with Crippen LogP contribution in [-0.4, -0.2) is 37.5 Å². The number of hydrogen-bond acceptors (Lipinski definition) is 6. The van der Waals surface area contributed by atoms with E-state index in [4.69, 9.17) is 39.5 Å². The Kier molecular flexibility index (Phi) is 6.49. The molecule has 30 heavy (non-hydrogen) atoms. The van der Waals surface area contributed by atoms with Crippen LogP contribution in [0.4, 0.5) is 11.5 Å². The lowest BCUT2D eigenvalue weighted by molar-refractivity contribution is -0.385. The number of ether oxygens (including phenoxy) is 1. The number of nitro groups is 1. The molecule has 13 heteroatoms. The van der Waals surface area contributed by atoms with E-state index in [0.717, 1.165) is 10.9 Å². The van der Waals surface area contributed by atoms with Crippen LogP contribution in [-0.2, 0) is 11.3 Å². The van der Waals surface area contributed by atoms with Gasteiger partial charge in [0.15, 0.2) is 5.82 Å². The highest BCUT2D eigenvalue weighted by molar-refractivity contribution is 6.36. The first-order valence-electron chi connectivity index (χ1n) is 8.45. The topological polar surface area (TPSA) is 117 Å². The summed E-state index contributed by atoms with van der Waals surface area (Å²) in [6.45, 7) is 1.76. The van der Waals surface area contributed by atoms with Crippen molar-refractivity contribution in [3.05, 3.63) is 61.3 Å². The molecule has 3 rings (SSSR count). The van der Waals surface area contributed by atoms with Crippen LogP contribution in [0.2, 0.25) is 15.1 Å². The second-order valence-electron chi connectivity index (χ2n) is 6.15. The van der Waals surface area contributed by atoms with Crippen LogP contribution in [0.1, 0.15) is 18.5 Å². The van der Waals surface area contributed by atoms with Crippen LogP contribution in [0, 0.1) is 10.1 Å². The SMILES string of the molecule is COc1nn(C(C)C(=O)Nc2nn(Cc3c(Cl)cccc3Cl)cc2Cl)cc1[N+](=O)[O-]. The molecule has 1 amide bonds. The molecule has 0 aliphatic heterocycles. The van der Waals surface area contributed by atoms with Gasteiger partial charge in [0.1, 0.15) is 17.3 Å². The molecular weight excluding hydrogens is 459 g/mol. The Morgan fingerprint density at radius 3 is 2.47 bits per heavy atom. The van der Waals surface area contributed by atoms with Gasteiger partial charge < -0.3 is 10.1 Å². The molecule has 0 saturated carbocycles. The summed E-state index contributed by atoms with van der Waals surface area (Å²) in [4.78, 5) is 23.0. The molecular formula is C17H15Cl3N6O4. The third-order valence-corrected chi connectivity index (χ3v) is 5.17. The molecule has 0 spiro atoms. The van der Waals surface area contributed by atoms with Crippen LogP contribution in [0.5, 0.6) is 5.88 Å². The van der Waals surface area contributed by atoms with Crippen molar-refractivity contribution >= 4 is 52.2 Å². The highest BCUT2D eigenvalue weighted by Crippen LogP contribution is 2.28. The number of anilines is 1. The first kappa shape index (κ1) is 21.9. The molecule has 1 aromatic carbocycles. The quantitative estimate of drug-likeness (QED) is 0.406. The van der Waals surface area contributed by atoms with E-state index >= 15 is 0 Å². The minimum absolute atomic E-state index is 0.116. The van der Waals surface area contributed by atoms with Gasteiger partial charge in [0.2, 0.25) is 5.91 Å². The van der Waals surface area contributed by atoms with Gasteiger partial charge in [0, 0.05) is 21.8 Å². The van der Waals surface area contributed by atoms with E-state index in [1.807, 2.05) is 0 Å². The fourth-order valence-corrected chi connectivity index (χ4v) is 3.30. The van der Waals surface area contributed by atoms with E-state index in [2.05, 4.69) is 15.5 Å². The van der Waals surface area contributed by atoms with Gasteiger partial charge in [-0.2, -0.15) is 5.10 Å². The molecule has 1 N–H and O–H groups in total. The van der Waals surface area contributed by atoms with Gasteiger partial charge in [0.25, 0.3) is 0 Å². The van der Waals surface area contributed by atoms with Crippen molar-refractivity contribution in [2.75, 3.05) is 12.4 Å². The number of methoxy groups -OCH3 is 1. The fraction of sp³-hybridized carbons (Fsp3) is 0.235. The Morgan fingerprint density at radius 2 is 1.90 bits per heavy atom. The van der Waals surface area contributed by atoms with E-state index in [9.17, 15) is 14.9 Å². The summed E-state index contributed by atoms with van der Waals surface area (Å²) >= 11 is 18.5. The molecule has 0 radical (unpaired) electrons. The molecule has 158 valence electrons. The number of benzene rings is 1. The Bertz CT molecular complexity index is 1090. The highest BCUT2D eigenvalue weighted by atomic mass is 35.5. The third-order valence-electron chi connectivity index (χ3n) is 4.19. The summed E-state index contributed by atoms with van der Waals surface area (Å²) in [6.07, 6.45) is 2.63. The summed E-state index contributed by atoms with van der Waals surface area (Å²) in [5.41, 5.74) is 0.304. The van der Waals surface area contributed by atoms with Crippen LogP contribution < -0.4 is 10.1 Å². The van der Waals surface area contributed by atoms with Crippen LogP contribution in [0.25, 0.3) is 0 Å². The maximum Gasteiger partial charge on any atom is 0.350 e. The van der Waals surface area contributed by atoms with Gasteiger partial charge in [-0.25, -0.2) is 4.68 Å². The molecule has 2 aromatic heterocycles. The van der Waals surface area contributed by atoms with Gasteiger partial charge in [-0.15, -0.1) is 5.10 Å². The van der Waals surface area contributed by atoms with Gasteiger partial charge in [0.05, 0.1) is 18.6 Å². The van der Waals surface area contributed by atoms with Crippen LogP contribution >= 0.6 is 34.8 Å². The standard InChI is InChI=1S/C17H15Cl3N6O4/c1-9(25-8-14(26(28)29)17(23-25)30-2)16(27)21-15-13(20)7-24(22-15)6-10-11(18)4-3-5-12(10)19/h3-5,7-9H,6H2,1-2H3,(H,21,22,27). The first-order valence-corrected chi connectivity index (χ1v) is 9.59. The van der Waals surface area contributed by atoms with E-state index < -0.39 is 16.9 Å². The lowest BCUT2D eigenvalue weighted by atomic mass is 10.2. The van der Waals surface area contributed by atoms with Gasteiger partial charge in [-0.1, -0.05) is 40.9 Å². The highest BCUT2D eigenvalue weighted by Gasteiger charge is 2.26. The number of aromatic nitrogens is 4. The number of amides is 1. The number of nitrogens with one attached hydrogen (secondary N) is 1. The monoisotopic (exact) mass is 472 g/mol. The second-order valence-corrected chi connectivity index (χ2v) is 7.37. The second kappa shape index (κ2) is 8.90. The molecule has 0 bridgehead atoms. The minimum Gasteiger partial charge on any atom is -0.475 e. The Labute approximate surface area is 185 Å². The Balaban J connectivity index is 1.76. The van der Waals surface area contributed by atoms with Gasteiger partial charge >= 0.3 is 11.6 Å². The smallest absolute Gasteiger partial charge is 0.350 e. The van der Waals surface area contributed by atoms with E-state index in [1.165, 1.54) is 24.9 Å². The lowest BCUT2D eigenvalue weighted by Gasteiger charge is -2.11. The lowest BCUT2D eigenvalue weighted by Crippen LogP contribution is -2.24. The molecule has 1 unspecified atom stereocenters. The van der Waals surface area contributed by atoms with E-state index in [0.29, 0.717) is 15.6 Å². The van der Waals surface area contributed by atoms with E-state index in [-0.39, 0.29) is 29.0 Å². The molecule has 10 nitrogen and oxygen atoms in total. The summed E-state index contributed by atoms with van der Waals surface area (Å²) in [6, 6.07) is 4.24. The van der Waals surface area contributed by atoms with E-state index in [1.54, 1.807) is 18.2 Å². The van der Waals surface area contributed by atoms with Gasteiger partial charge in [-0.05, 0) is 19.1 Å². The minimum atomic E-state index is -0.896. The molecule has 0 aliphatic rings. The maximum atomic E-state index is 12.6. The van der Waals surface area contributed by atoms with Crippen molar-refractivity contribution in [2.24, 2.45) is 0 Å². The van der Waals surface area contributed by atoms with Crippen molar-refractivity contribution in [3.8, 4) is 5.88 Å². The molecule has 1 atom stereocenters. The largest absolute Gasteiger partial charge is 0.475 e. The number of halogens is 3. The maximum absolute atomic E-state index is 12.6. The average molecular weight is 474 g/mol. The third kappa shape index (κ3) is 4.50. The Hall–Kier alpha value is -2.82. The van der Waals surface area contributed by atoms with Crippen molar-refractivity contribution < 1.29 is 14.5 Å². The Morgan fingerprint density at radius 1 is 1.23 bits per heavy atom. The summed E-state index contributed by atoms with van der Waals surface area (Å²) in [7, 11) is 1.25. The fourth-order valence-electron chi connectivity index (χ4n) is 2.58. The van der Waals surface area contributed by atoms with Crippen LogP contribution in [0.15, 0.2) is 30.6 Å². The number of nitrogens with zero attached hydrogens (tertiary/aromatic N) is 5. The summed E-state index contributed by atoms with van der Waals surface area (Å²) < 4.78 is 7.48. The zero-order valence-corrected chi connectivity index (χ0v) is 17.9. The number of carbonyl (C=O) groups is 1. The molecule has 0 fully saturated rings. The molecule has 2 heterocycles. The molecule has 3 aromatic rings. The number of rotatable bonds is 7.